The Bertz CT molecular complexity index is 530. The van der Waals surface area contributed by atoms with Gasteiger partial charge in [-0.1, -0.05) is 51.2 Å². The van der Waals surface area contributed by atoms with E-state index in [2.05, 4.69) is 12.2 Å². The number of rotatable bonds is 6. The second kappa shape index (κ2) is 7.41. The first-order valence-electron chi connectivity index (χ1n) is 8.04. The van der Waals surface area contributed by atoms with Crippen molar-refractivity contribution in [3.05, 3.63) is 29.8 Å². The molecule has 1 aliphatic carbocycles. The second-order valence-electron chi connectivity index (χ2n) is 6.19. The van der Waals surface area contributed by atoms with Crippen LogP contribution in [-0.4, -0.2) is 21.2 Å². The summed E-state index contributed by atoms with van der Waals surface area (Å²) in [4.78, 5) is 0.402. The molecule has 0 aliphatic heterocycles. The first kappa shape index (κ1) is 16.5. The van der Waals surface area contributed by atoms with Gasteiger partial charge in [0.25, 0.3) is 0 Å². The Morgan fingerprint density at radius 1 is 1.14 bits per heavy atom. The Hall–Kier alpha value is -0.870. The highest BCUT2D eigenvalue weighted by molar-refractivity contribution is 7.90. The lowest BCUT2D eigenvalue weighted by molar-refractivity contribution is 0.301. The molecule has 4 heteroatoms. The lowest BCUT2D eigenvalue weighted by Gasteiger charge is -2.27. The summed E-state index contributed by atoms with van der Waals surface area (Å²) < 4.78 is 23.1. The fourth-order valence-corrected chi connectivity index (χ4v) is 3.92. The molecule has 118 valence electrons. The van der Waals surface area contributed by atoms with Crippen LogP contribution in [0.5, 0.6) is 0 Å². The van der Waals surface area contributed by atoms with Gasteiger partial charge >= 0.3 is 0 Å². The van der Waals surface area contributed by atoms with E-state index < -0.39 is 9.84 Å². The lowest BCUT2D eigenvalue weighted by atomic mass is 9.83. The summed E-state index contributed by atoms with van der Waals surface area (Å²) in [5, 5.41) is 3.55. The molecule has 0 spiro atoms. The highest BCUT2D eigenvalue weighted by atomic mass is 32.2. The first-order valence-corrected chi connectivity index (χ1v) is 9.93. The van der Waals surface area contributed by atoms with Crippen molar-refractivity contribution in [2.24, 2.45) is 5.92 Å². The maximum Gasteiger partial charge on any atom is 0.175 e. The van der Waals surface area contributed by atoms with Crippen molar-refractivity contribution in [3.63, 3.8) is 0 Å². The molecule has 1 atom stereocenters. The van der Waals surface area contributed by atoms with Gasteiger partial charge in [0.15, 0.2) is 9.84 Å². The van der Waals surface area contributed by atoms with E-state index in [0.29, 0.717) is 10.9 Å². The molecule has 1 unspecified atom stereocenters. The average molecular weight is 309 g/mol. The van der Waals surface area contributed by atoms with Crippen molar-refractivity contribution in [2.75, 3.05) is 12.8 Å². The molecule has 1 aliphatic rings. The molecule has 0 bridgehead atoms. The normalized spacial score (nSPS) is 18.6. The van der Waals surface area contributed by atoms with E-state index in [0.717, 1.165) is 18.9 Å². The van der Waals surface area contributed by atoms with E-state index in [1.54, 1.807) is 12.1 Å². The molecule has 0 saturated heterocycles. The van der Waals surface area contributed by atoms with Crippen molar-refractivity contribution in [2.45, 2.75) is 56.4 Å². The zero-order valence-electron chi connectivity index (χ0n) is 13.1. The van der Waals surface area contributed by atoms with Gasteiger partial charge in [0.1, 0.15) is 0 Å². The summed E-state index contributed by atoms with van der Waals surface area (Å²) in [7, 11) is -3.11. The van der Waals surface area contributed by atoms with Crippen LogP contribution < -0.4 is 5.32 Å². The predicted octanol–water partition coefficient (Wildman–Crippen LogP) is 3.71. The molecule has 0 aromatic heterocycles. The Labute approximate surface area is 129 Å². The Kier molecular flexibility index (Phi) is 5.82. The van der Waals surface area contributed by atoms with Crippen LogP contribution >= 0.6 is 0 Å². The van der Waals surface area contributed by atoms with E-state index in [-0.39, 0.29) is 0 Å². The van der Waals surface area contributed by atoms with Gasteiger partial charge in [-0.2, -0.15) is 0 Å². The number of sulfone groups is 1. The molecule has 1 aromatic rings. The largest absolute Gasteiger partial charge is 0.310 e. The van der Waals surface area contributed by atoms with E-state index in [4.69, 9.17) is 0 Å². The standard InChI is InChI=1S/C17H27NO2S/c1-3-18-17(13-14-7-5-4-6-8-14)15-9-11-16(12-10-15)21(2,19)20/h9-12,14,17-18H,3-8,13H2,1-2H3. The predicted molar refractivity (Wildman–Crippen MR) is 87.2 cm³/mol. The van der Waals surface area contributed by atoms with Crippen molar-refractivity contribution in [1.82, 2.24) is 5.32 Å². The molecule has 1 saturated carbocycles. The van der Waals surface area contributed by atoms with Crippen molar-refractivity contribution < 1.29 is 8.42 Å². The lowest BCUT2D eigenvalue weighted by Crippen LogP contribution is -2.24. The first-order chi connectivity index (χ1) is 10.0. The van der Waals surface area contributed by atoms with E-state index in [9.17, 15) is 8.42 Å². The number of nitrogens with one attached hydrogen (secondary N) is 1. The van der Waals surface area contributed by atoms with Crippen LogP contribution in [0.4, 0.5) is 0 Å². The summed E-state index contributed by atoms with van der Waals surface area (Å²) in [6, 6.07) is 7.73. The molecular formula is C17H27NO2S. The van der Waals surface area contributed by atoms with Gasteiger partial charge in [0.2, 0.25) is 0 Å². The van der Waals surface area contributed by atoms with Crippen molar-refractivity contribution >= 4 is 9.84 Å². The average Bonchev–Trinajstić information content (AvgIpc) is 2.47. The van der Waals surface area contributed by atoms with Crippen molar-refractivity contribution in [3.8, 4) is 0 Å². The Morgan fingerprint density at radius 2 is 1.76 bits per heavy atom. The summed E-state index contributed by atoms with van der Waals surface area (Å²) in [6.07, 6.45) is 9.18. The molecule has 21 heavy (non-hydrogen) atoms. The Balaban J connectivity index is 2.09. The van der Waals surface area contributed by atoms with Crippen LogP contribution in [0.15, 0.2) is 29.2 Å². The molecule has 3 nitrogen and oxygen atoms in total. The molecule has 1 fully saturated rings. The third-order valence-electron chi connectivity index (χ3n) is 4.45. The van der Waals surface area contributed by atoms with Crippen LogP contribution in [0.2, 0.25) is 0 Å². The topological polar surface area (TPSA) is 46.2 Å². The van der Waals surface area contributed by atoms with E-state index in [1.165, 1.54) is 43.9 Å². The van der Waals surface area contributed by atoms with Crippen LogP contribution in [0, 0.1) is 5.92 Å². The SMILES string of the molecule is CCNC(CC1CCCCC1)c1ccc(S(C)(=O)=O)cc1. The Morgan fingerprint density at radius 3 is 2.29 bits per heavy atom. The smallest absolute Gasteiger partial charge is 0.175 e. The zero-order chi connectivity index (χ0) is 15.3. The number of hydrogen-bond acceptors (Lipinski definition) is 3. The summed E-state index contributed by atoms with van der Waals surface area (Å²) in [5.74, 6) is 0.803. The van der Waals surface area contributed by atoms with Gasteiger partial charge in [-0.15, -0.1) is 0 Å². The van der Waals surface area contributed by atoms with Gasteiger partial charge in [-0.05, 0) is 36.6 Å². The molecule has 0 amide bonds. The minimum atomic E-state index is -3.11. The van der Waals surface area contributed by atoms with E-state index in [1.807, 2.05) is 12.1 Å². The van der Waals surface area contributed by atoms with Crippen LogP contribution in [0.1, 0.15) is 57.1 Å². The van der Waals surface area contributed by atoms with Gasteiger partial charge in [0, 0.05) is 12.3 Å². The monoisotopic (exact) mass is 309 g/mol. The molecule has 0 radical (unpaired) electrons. The number of benzene rings is 1. The number of hydrogen-bond donors (Lipinski definition) is 1. The summed E-state index contributed by atoms with van der Waals surface area (Å²) in [6.45, 7) is 3.06. The molecule has 2 rings (SSSR count). The molecule has 0 heterocycles. The van der Waals surface area contributed by atoms with Crippen LogP contribution in [0.25, 0.3) is 0 Å². The van der Waals surface area contributed by atoms with Crippen molar-refractivity contribution in [1.29, 1.82) is 0 Å². The molecule has 1 aromatic carbocycles. The third kappa shape index (κ3) is 4.82. The minimum absolute atomic E-state index is 0.340. The molecule has 1 N–H and O–H groups in total. The fraction of sp³-hybridized carbons (Fsp3) is 0.647. The third-order valence-corrected chi connectivity index (χ3v) is 5.58. The van der Waals surface area contributed by atoms with Gasteiger partial charge in [-0.25, -0.2) is 8.42 Å². The summed E-state index contributed by atoms with van der Waals surface area (Å²) >= 11 is 0. The highest BCUT2D eigenvalue weighted by Gasteiger charge is 2.20. The van der Waals surface area contributed by atoms with Gasteiger partial charge < -0.3 is 5.32 Å². The molecular weight excluding hydrogens is 282 g/mol. The summed E-state index contributed by atoms with van der Waals surface area (Å²) in [5.41, 5.74) is 1.20. The maximum absolute atomic E-state index is 11.5. The van der Waals surface area contributed by atoms with Gasteiger partial charge in [-0.3, -0.25) is 0 Å². The van der Waals surface area contributed by atoms with Gasteiger partial charge in [0.05, 0.1) is 4.90 Å². The fourth-order valence-electron chi connectivity index (χ4n) is 3.29. The van der Waals surface area contributed by atoms with Crippen LogP contribution in [0.3, 0.4) is 0 Å². The second-order valence-corrected chi connectivity index (χ2v) is 8.21. The highest BCUT2D eigenvalue weighted by Crippen LogP contribution is 2.32. The minimum Gasteiger partial charge on any atom is -0.310 e. The van der Waals surface area contributed by atoms with E-state index >= 15 is 0 Å². The van der Waals surface area contributed by atoms with Crippen LogP contribution in [-0.2, 0) is 9.84 Å². The quantitative estimate of drug-likeness (QED) is 0.871. The zero-order valence-corrected chi connectivity index (χ0v) is 14.0. The maximum atomic E-state index is 11.5.